The van der Waals surface area contributed by atoms with Crippen LogP contribution in [0.1, 0.15) is 23.0 Å². The number of carbonyl (C=O) groups excluding carboxylic acids is 2. The Bertz CT molecular complexity index is 1020. The molecule has 0 saturated carbocycles. The minimum atomic E-state index is -0.387. The van der Waals surface area contributed by atoms with Crippen LogP contribution >= 0.6 is 0 Å². The molecule has 0 fully saturated rings. The van der Waals surface area contributed by atoms with Crippen LogP contribution in [-0.4, -0.2) is 26.0 Å². The zero-order chi connectivity index (χ0) is 19.6. The first-order valence-corrected chi connectivity index (χ1v) is 8.27. The van der Waals surface area contributed by atoms with E-state index < -0.39 is 0 Å². The maximum atomic E-state index is 12.7. The summed E-state index contributed by atoms with van der Waals surface area (Å²) in [6.07, 6.45) is 0. The van der Waals surface area contributed by atoms with Crippen molar-refractivity contribution in [2.45, 2.75) is 13.8 Å². The lowest BCUT2D eigenvalue weighted by Gasteiger charge is -2.11. The zero-order valence-electron chi connectivity index (χ0n) is 15.5. The second kappa shape index (κ2) is 7.41. The molecule has 1 heterocycles. The van der Waals surface area contributed by atoms with Crippen molar-refractivity contribution >= 4 is 34.2 Å². The Kier molecular flexibility index (Phi) is 5.03. The molecule has 0 spiro atoms. The summed E-state index contributed by atoms with van der Waals surface area (Å²) in [5.74, 6) is 0.777. The molecule has 7 nitrogen and oxygen atoms in total. The molecule has 1 aromatic heterocycles. The van der Waals surface area contributed by atoms with E-state index in [2.05, 4.69) is 10.6 Å². The molecular formula is C20H20N2O5. The fourth-order valence-corrected chi connectivity index (χ4v) is 2.80. The third-order valence-corrected chi connectivity index (χ3v) is 4.12. The van der Waals surface area contributed by atoms with Crippen molar-refractivity contribution < 1.29 is 23.5 Å². The van der Waals surface area contributed by atoms with Crippen molar-refractivity contribution in [3.63, 3.8) is 0 Å². The molecule has 2 amide bonds. The number of methoxy groups -OCH3 is 2. The monoisotopic (exact) mass is 368 g/mol. The largest absolute Gasteiger partial charge is 0.497 e. The summed E-state index contributed by atoms with van der Waals surface area (Å²) in [5.41, 5.74) is 2.29. The Morgan fingerprint density at radius 2 is 1.78 bits per heavy atom. The van der Waals surface area contributed by atoms with Crippen LogP contribution in [0.5, 0.6) is 11.5 Å². The van der Waals surface area contributed by atoms with Gasteiger partial charge in [-0.05, 0) is 43.3 Å². The highest BCUT2D eigenvalue weighted by Crippen LogP contribution is 2.31. The van der Waals surface area contributed by atoms with E-state index in [0.717, 1.165) is 10.9 Å². The summed E-state index contributed by atoms with van der Waals surface area (Å²) < 4.78 is 16.1. The Morgan fingerprint density at radius 3 is 2.44 bits per heavy atom. The van der Waals surface area contributed by atoms with Crippen LogP contribution in [0.3, 0.4) is 0 Å². The van der Waals surface area contributed by atoms with E-state index in [-0.39, 0.29) is 17.6 Å². The molecule has 0 aliphatic carbocycles. The topological polar surface area (TPSA) is 89.8 Å². The number of rotatable bonds is 5. The highest BCUT2D eigenvalue weighted by atomic mass is 16.5. The molecule has 7 heteroatoms. The van der Waals surface area contributed by atoms with Crippen LogP contribution in [0, 0.1) is 6.92 Å². The number of fused-ring (bicyclic) bond motifs is 1. The molecule has 0 atom stereocenters. The molecule has 0 aliphatic rings. The summed E-state index contributed by atoms with van der Waals surface area (Å²) in [6.45, 7) is 3.22. The molecule has 2 aromatic carbocycles. The predicted octanol–water partition coefficient (Wildman–Crippen LogP) is 3.97. The van der Waals surface area contributed by atoms with E-state index >= 15 is 0 Å². The van der Waals surface area contributed by atoms with Crippen molar-refractivity contribution in [2.75, 3.05) is 24.9 Å². The SMILES string of the molecule is COc1ccc2oc(C(=O)Nc3ccc(OC)c(NC(C)=O)c3)c(C)c2c1. The van der Waals surface area contributed by atoms with Crippen LogP contribution in [0.2, 0.25) is 0 Å². The highest BCUT2D eigenvalue weighted by molar-refractivity contribution is 6.07. The van der Waals surface area contributed by atoms with E-state index in [1.807, 2.05) is 13.0 Å². The molecule has 3 rings (SSSR count). The Hall–Kier alpha value is -3.48. The number of amides is 2. The number of furan rings is 1. The molecule has 2 N–H and O–H groups in total. The second-order valence-electron chi connectivity index (χ2n) is 5.97. The number of hydrogen-bond donors (Lipinski definition) is 2. The molecule has 0 unspecified atom stereocenters. The van der Waals surface area contributed by atoms with Gasteiger partial charge in [0.25, 0.3) is 5.91 Å². The minimum Gasteiger partial charge on any atom is -0.497 e. The van der Waals surface area contributed by atoms with Gasteiger partial charge in [0, 0.05) is 23.6 Å². The van der Waals surface area contributed by atoms with Gasteiger partial charge in [-0.2, -0.15) is 0 Å². The van der Waals surface area contributed by atoms with Gasteiger partial charge in [0.2, 0.25) is 5.91 Å². The summed E-state index contributed by atoms with van der Waals surface area (Å²) in [5, 5.41) is 6.27. The molecule has 0 radical (unpaired) electrons. The van der Waals surface area contributed by atoms with Crippen molar-refractivity contribution in [1.82, 2.24) is 0 Å². The number of benzene rings is 2. The lowest BCUT2D eigenvalue weighted by molar-refractivity contribution is -0.114. The van der Waals surface area contributed by atoms with Crippen LogP contribution < -0.4 is 20.1 Å². The number of nitrogens with one attached hydrogen (secondary N) is 2. The molecular weight excluding hydrogens is 348 g/mol. The van der Waals surface area contributed by atoms with E-state index in [1.165, 1.54) is 14.0 Å². The van der Waals surface area contributed by atoms with Crippen molar-refractivity contribution in [2.24, 2.45) is 0 Å². The number of aryl methyl sites for hydroxylation is 1. The van der Waals surface area contributed by atoms with Gasteiger partial charge < -0.3 is 24.5 Å². The Balaban J connectivity index is 1.90. The van der Waals surface area contributed by atoms with Gasteiger partial charge >= 0.3 is 0 Å². The quantitative estimate of drug-likeness (QED) is 0.711. The summed E-state index contributed by atoms with van der Waals surface area (Å²) in [7, 11) is 3.09. The molecule has 27 heavy (non-hydrogen) atoms. The summed E-state index contributed by atoms with van der Waals surface area (Å²) in [4.78, 5) is 24.0. The minimum absolute atomic E-state index is 0.218. The van der Waals surface area contributed by atoms with E-state index in [0.29, 0.717) is 28.5 Å². The standard InChI is InChI=1S/C20H20N2O5/c1-11-15-10-14(25-3)6-8-17(15)27-19(11)20(24)22-13-5-7-18(26-4)16(9-13)21-12(2)23/h5-10H,1-4H3,(H,21,23)(H,22,24). The Morgan fingerprint density at radius 1 is 1.00 bits per heavy atom. The van der Waals surface area contributed by atoms with Crippen LogP contribution in [0.4, 0.5) is 11.4 Å². The number of carbonyl (C=O) groups is 2. The lowest BCUT2D eigenvalue weighted by atomic mass is 10.1. The van der Waals surface area contributed by atoms with Crippen LogP contribution in [0.25, 0.3) is 11.0 Å². The molecule has 0 aliphatic heterocycles. The van der Waals surface area contributed by atoms with E-state index in [4.69, 9.17) is 13.9 Å². The molecule has 0 saturated heterocycles. The summed E-state index contributed by atoms with van der Waals surface area (Å²) >= 11 is 0. The average molecular weight is 368 g/mol. The fraction of sp³-hybridized carbons (Fsp3) is 0.200. The van der Waals surface area contributed by atoms with Crippen molar-refractivity contribution in [3.8, 4) is 11.5 Å². The number of anilines is 2. The first-order chi connectivity index (χ1) is 12.9. The first-order valence-electron chi connectivity index (χ1n) is 8.27. The zero-order valence-corrected chi connectivity index (χ0v) is 15.5. The Labute approximate surface area is 156 Å². The average Bonchev–Trinajstić information content (AvgIpc) is 2.97. The van der Waals surface area contributed by atoms with Gasteiger partial charge in [0.05, 0.1) is 19.9 Å². The second-order valence-corrected chi connectivity index (χ2v) is 5.97. The third-order valence-electron chi connectivity index (χ3n) is 4.12. The van der Waals surface area contributed by atoms with Crippen LogP contribution in [-0.2, 0) is 4.79 Å². The van der Waals surface area contributed by atoms with E-state index in [9.17, 15) is 9.59 Å². The first kappa shape index (κ1) is 18.3. The molecule has 3 aromatic rings. The van der Waals surface area contributed by atoms with Gasteiger partial charge in [-0.3, -0.25) is 9.59 Å². The highest BCUT2D eigenvalue weighted by Gasteiger charge is 2.19. The number of ether oxygens (including phenoxy) is 2. The summed E-state index contributed by atoms with van der Waals surface area (Å²) in [6, 6.07) is 10.3. The maximum absolute atomic E-state index is 12.7. The number of hydrogen-bond acceptors (Lipinski definition) is 5. The van der Waals surface area contributed by atoms with Gasteiger partial charge in [0.15, 0.2) is 5.76 Å². The van der Waals surface area contributed by atoms with Gasteiger partial charge in [-0.15, -0.1) is 0 Å². The van der Waals surface area contributed by atoms with Crippen molar-refractivity contribution in [3.05, 3.63) is 47.7 Å². The third kappa shape index (κ3) is 3.72. The molecule has 0 bridgehead atoms. The lowest BCUT2D eigenvalue weighted by Crippen LogP contribution is -2.13. The van der Waals surface area contributed by atoms with Crippen molar-refractivity contribution in [1.29, 1.82) is 0 Å². The smallest absolute Gasteiger partial charge is 0.291 e. The fourth-order valence-electron chi connectivity index (χ4n) is 2.80. The molecule has 140 valence electrons. The van der Waals surface area contributed by atoms with Gasteiger partial charge in [-0.25, -0.2) is 0 Å². The van der Waals surface area contributed by atoms with Gasteiger partial charge in [0.1, 0.15) is 17.1 Å². The normalized spacial score (nSPS) is 10.5. The van der Waals surface area contributed by atoms with Crippen LogP contribution in [0.15, 0.2) is 40.8 Å². The van der Waals surface area contributed by atoms with Gasteiger partial charge in [-0.1, -0.05) is 0 Å². The van der Waals surface area contributed by atoms with E-state index in [1.54, 1.807) is 37.4 Å². The maximum Gasteiger partial charge on any atom is 0.291 e. The predicted molar refractivity (Wildman–Crippen MR) is 103 cm³/mol.